The lowest BCUT2D eigenvalue weighted by Gasteiger charge is -2.11. The molecule has 0 atom stereocenters. The topological polar surface area (TPSA) is 40.5 Å². The Hall–Kier alpha value is -1.61. The van der Waals surface area contributed by atoms with Crippen molar-refractivity contribution in [2.24, 2.45) is 0 Å². The molecule has 13 heavy (non-hydrogen) atoms. The number of nitrogens with zero attached hydrogens (tertiary/aromatic N) is 1. The smallest absolute Gasteiger partial charge is 0.247 e. The Bertz CT molecular complexity index is 316. The van der Waals surface area contributed by atoms with Gasteiger partial charge in [0.15, 0.2) is 0 Å². The Morgan fingerprint density at radius 3 is 2.38 bits per heavy atom. The monoisotopic (exact) mass is 177 g/mol. The third-order valence-electron chi connectivity index (χ3n) is 1.67. The molecule has 0 saturated carbocycles. The summed E-state index contributed by atoms with van der Waals surface area (Å²) in [7, 11) is 0. The predicted molar refractivity (Wildman–Crippen MR) is 51.5 cm³/mol. The van der Waals surface area contributed by atoms with Crippen molar-refractivity contribution in [2.75, 3.05) is 5.06 Å². The highest BCUT2D eigenvalue weighted by Crippen LogP contribution is 2.13. The standard InChI is InChI=1S/C10H11NO2/c1-3-9-4-6-10(7-5-9)11(13)8(2)12/h3-7,13H,1H2,2H3. The highest BCUT2D eigenvalue weighted by molar-refractivity contribution is 5.88. The minimum Gasteiger partial charge on any atom is -0.281 e. The van der Waals surface area contributed by atoms with Crippen LogP contribution >= 0.6 is 0 Å². The number of carbonyl (C=O) groups excluding carboxylic acids is 1. The third-order valence-corrected chi connectivity index (χ3v) is 1.67. The molecule has 0 heterocycles. The van der Waals surface area contributed by atoms with Crippen LogP contribution in [0.15, 0.2) is 30.8 Å². The van der Waals surface area contributed by atoms with Gasteiger partial charge in [-0.2, -0.15) is 5.06 Å². The summed E-state index contributed by atoms with van der Waals surface area (Å²) in [6.45, 7) is 4.89. The van der Waals surface area contributed by atoms with Gasteiger partial charge in [0.1, 0.15) is 0 Å². The van der Waals surface area contributed by atoms with Gasteiger partial charge in [0.2, 0.25) is 5.91 Å². The molecule has 0 bridgehead atoms. The minimum atomic E-state index is -0.411. The third kappa shape index (κ3) is 2.16. The number of carbonyl (C=O) groups is 1. The van der Waals surface area contributed by atoms with Crippen LogP contribution in [-0.4, -0.2) is 11.1 Å². The Morgan fingerprint density at radius 1 is 1.46 bits per heavy atom. The molecule has 0 spiro atoms. The molecule has 0 aliphatic rings. The van der Waals surface area contributed by atoms with Crippen LogP contribution < -0.4 is 5.06 Å². The Labute approximate surface area is 76.9 Å². The molecule has 1 N–H and O–H groups in total. The fourth-order valence-corrected chi connectivity index (χ4v) is 0.933. The summed E-state index contributed by atoms with van der Waals surface area (Å²) >= 11 is 0. The molecule has 3 heteroatoms. The fraction of sp³-hybridized carbons (Fsp3) is 0.100. The van der Waals surface area contributed by atoms with Crippen LogP contribution in [0.25, 0.3) is 6.08 Å². The van der Waals surface area contributed by atoms with E-state index in [9.17, 15) is 10.0 Å². The molecule has 0 aromatic heterocycles. The first-order valence-corrected chi connectivity index (χ1v) is 3.87. The van der Waals surface area contributed by atoms with Crippen LogP contribution in [-0.2, 0) is 4.79 Å². The average molecular weight is 177 g/mol. The van der Waals surface area contributed by atoms with Crippen LogP contribution in [0.2, 0.25) is 0 Å². The maximum absolute atomic E-state index is 10.8. The Kier molecular flexibility index (Phi) is 2.82. The first-order chi connectivity index (χ1) is 6.15. The van der Waals surface area contributed by atoms with Crippen molar-refractivity contribution in [1.29, 1.82) is 0 Å². The number of hydrogen-bond donors (Lipinski definition) is 1. The van der Waals surface area contributed by atoms with Crippen molar-refractivity contribution < 1.29 is 10.0 Å². The summed E-state index contributed by atoms with van der Waals surface area (Å²) in [6, 6.07) is 6.85. The van der Waals surface area contributed by atoms with Gasteiger partial charge in [-0.3, -0.25) is 10.0 Å². The summed E-state index contributed by atoms with van der Waals surface area (Å²) in [6.07, 6.45) is 1.69. The van der Waals surface area contributed by atoms with E-state index >= 15 is 0 Å². The van der Waals surface area contributed by atoms with Crippen molar-refractivity contribution in [3.05, 3.63) is 36.4 Å². The van der Waals surface area contributed by atoms with Crippen LogP contribution in [0.3, 0.4) is 0 Å². The highest BCUT2D eigenvalue weighted by atomic mass is 16.5. The largest absolute Gasteiger partial charge is 0.281 e. The van der Waals surface area contributed by atoms with Crippen molar-refractivity contribution in [3.8, 4) is 0 Å². The fourth-order valence-electron chi connectivity index (χ4n) is 0.933. The van der Waals surface area contributed by atoms with Gasteiger partial charge >= 0.3 is 0 Å². The van der Waals surface area contributed by atoms with Gasteiger partial charge in [-0.25, -0.2) is 0 Å². The molecule has 1 amide bonds. The van der Waals surface area contributed by atoms with E-state index in [-0.39, 0.29) is 0 Å². The van der Waals surface area contributed by atoms with Gasteiger partial charge in [0, 0.05) is 6.92 Å². The Balaban J connectivity index is 2.91. The van der Waals surface area contributed by atoms with Gasteiger partial charge in [0.25, 0.3) is 0 Å². The normalized spacial score (nSPS) is 9.38. The summed E-state index contributed by atoms with van der Waals surface area (Å²) < 4.78 is 0. The number of anilines is 1. The predicted octanol–water partition coefficient (Wildman–Crippen LogP) is 2.07. The van der Waals surface area contributed by atoms with E-state index in [0.717, 1.165) is 5.56 Å². The van der Waals surface area contributed by atoms with E-state index in [1.165, 1.54) is 6.92 Å². The molecule has 1 rings (SSSR count). The summed E-state index contributed by atoms with van der Waals surface area (Å²) in [4.78, 5) is 10.8. The van der Waals surface area contributed by atoms with E-state index < -0.39 is 5.91 Å². The lowest BCUT2D eigenvalue weighted by Crippen LogP contribution is -2.23. The summed E-state index contributed by atoms with van der Waals surface area (Å²) in [5.74, 6) is -0.411. The van der Waals surface area contributed by atoms with E-state index in [4.69, 9.17) is 0 Å². The molecule has 1 aromatic rings. The van der Waals surface area contributed by atoms with Crippen LogP contribution in [0.4, 0.5) is 5.69 Å². The van der Waals surface area contributed by atoms with Gasteiger partial charge in [-0.1, -0.05) is 24.8 Å². The SMILES string of the molecule is C=Cc1ccc(N(O)C(C)=O)cc1. The van der Waals surface area contributed by atoms with Crippen molar-refractivity contribution >= 4 is 17.7 Å². The lowest BCUT2D eigenvalue weighted by atomic mass is 10.2. The molecular formula is C10H11NO2. The number of amides is 1. The van der Waals surface area contributed by atoms with Crippen molar-refractivity contribution in [2.45, 2.75) is 6.92 Å². The number of hydroxylamine groups is 1. The zero-order valence-electron chi connectivity index (χ0n) is 7.40. The van der Waals surface area contributed by atoms with E-state index in [0.29, 0.717) is 10.8 Å². The summed E-state index contributed by atoms with van der Waals surface area (Å²) in [5.41, 5.74) is 1.40. The lowest BCUT2D eigenvalue weighted by molar-refractivity contribution is -0.121. The van der Waals surface area contributed by atoms with Gasteiger partial charge in [-0.15, -0.1) is 0 Å². The summed E-state index contributed by atoms with van der Waals surface area (Å²) in [5, 5.41) is 9.82. The number of benzene rings is 1. The second kappa shape index (κ2) is 3.87. The van der Waals surface area contributed by atoms with Crippen LogP contribution in [0.1, 0.15) is 12.5 Å². The van der Waals surface area contributed by atoms with Crippen molar-refractivity contribution in [3.63, 3.8) is 0 Å². The number of rotatable bonds is 2. The zero-order valence-corrected chi connectivity index (χ0v) is 7.40. The van der Waals surface area contributed by atoms with Crippen LogP contribution in [0, 0.1) is 0 Å². The highest BCUT2D eigenvalue weighted by Gasteiger charge is 2.06. The Morgan fingerprint density at radius 2 is 2.00 bits per heavy atom. The van der Waals surface area contributed by atoms with Crippen LogP contribution in [0.5, 0.6) is 0 Å². The second-order valence-electron chi connectivity index (χ2n) is 2.63. The average Bonchev–Trinajstić information content (AvgIpc) is 2.17. The molecule has 0 aliphatic heterocycles. The van der Waals surface area contributed by atoms with Gasteiger partial charge in [-0.05, 0) is 17.7 Å². The maximum atomic E-state index is 10.8. The van der Waals surface area contributed by atoms with E-state index in [1.807, 2.05) is 0 Å². The molecule has 68 valence electrons. The minimum absolute atomic E-state index is 0.411. The quantitative estimate of drug-likeness (QED) is 0.555. The van der Waals surface area contributed by atoms with E-state index in [2.05, 4.69) is 6.58 Å². The first-order valence-electron chi connectivity index (χ1n) is 3.87. The van der Waals surface area contributed by atoms with E-state index in [1.54, 1.807) is 30.3 Å². The molecule has 1 aromatic carbocycles. The molecule has 0 aliphatic carbocycles. The zero-order chi connectivity index (χ0) is 9.84. The molecule has 0 radical (unpaired) electrons. The van der Waals surface area contributed by atoms with Crippen molar-refractivity contribution in [1.82, 2.24) is 0 Å². The van der Waals surface area contributed by atoms with Gasteiger partial charge in [0.05, 0.1) is 5.69 Å². The second-order valence-corrected chi connectivity index (χ2v) is 2.63. The molecule has 0 saturated heterocycles. The maximum Gasteiger partial charge on any atom is 0.247 e. The molecule has 3 nitrogen and oxygen atoms in total. The number of hydrogen-bond acceptors (Lipinski definition) is 2. The molecule has 0 unspecified atom stereocenters. The first kappa shape index (κ1) is 9.48. The van der Waals surface area contributed by atoms with Gasteiger partial charge < -0.3 is 0 Å². The molecule has 0 fully saturated rings. The molecular weight excluding hydrogens is 166 g/mol.